The Kier molecular flexibility index (Phi) is 5.46. The highest BCUT2D eigenvalue weighted by molar-refractivity contribution is 5.44. The van der Waals surface area contributed by atoms with Crippen molar-refractivity contribution in [2.75, 3.05) is 13.9 Å². The zero-order valence-corrected chi connectivity index (χ0v) is 13.5. The van der Waals surface area contributed by atoms with Gasteiger partial charge >= 0.3 is 0 Å². The van der Waals surface area contributed by atoms with Gasteiger partial charge in [0.25, 0.3) is 0 Å². The number of ether oxygens (including phenoxy) is 2. The van der Waals surface area contributed by atoms with Crippen molar-refractivity contribution in [1.29, 1.82) is 0 Å². The molecule has 3 aromatic rings. The van der Waals surface area contributed by atoms with Crippen LogP contribution in [0.5, 0.6) is 0 Å². The van der Waals surface area contributed by atoms with Crippen molar-refractivity contribution < 1.29 is 13.9 Å². The van der Waals surface area contributed by atoms with Crippen molar-refractivity contribution in [2.24, 2.45) is 0 Å². The van der Waals surface area contributed by atoms with Gasteiger partial charge in [0.05, 0.1) is 29.7 Å². The second-order valence-corrected chi connectivity index (χ2v) is 4.97. The van der Waals surface area contributed by atoms with Crippen LogP contribution in [0.15, 0.2) is 48.9 Å². The summed E-state index contributed by atoms with van der Waals surface area (Å²) < 4.78 is 25.2. The first-order valence-corrected chi connectivity index (χ1v) is 7.46. The van der Waals surface area contributed by atoms with E-state index in [-0.39, 0.29) is 19.2 Å². The number of methoxy groups -OCH3 is 1. The molecule has 0 saturated carbocycles. The molecule has 0 unspecified atom stereocenters. The Bertz CT molecular complexity index is 883. The van der Waals surface area contributed by atoms with Crippen LogP contribution in [-0.4, -0.2) is 33.7 Å². The van der Waals surface area contributed by atoms with Crippen LogP contribution < -0.4 is 0 Å². The average Bonchev–Trinajstić information content (AvgIpc) is 3.05. The van der Waals surface area contributed by atoms with E-state index in [0.29, 0.717) is 17.1 Å². The molecule has 0 atom stereocenters. The van der Waals surface area contributed by atoms with Gasteiger partial charge in [-0.2, -0.15) is 5.10 Å². The van der Waals surface area contributed by atoms with Crippen molar-refractivity contribution in [3.8, 4) is 17.5 Å². The maximum Gasteiger partial charge on any atom is 0.205 e. The van der Waals surface area contributed by atoms with E-state index in [1.54, 1.807) is 48.6 Å². The van der Waals surface area contributed by atoms with Crippen molar-refractivity contribution in [3.63, 3.8) is 0 Å². The minimum Gasteiger partial charge on any atom is -0.359 e. The van der Waals surface area contributed by atoms with Crippen LogP contribution in [-0.2, 0) is 16.1 Å². The monoisotopic (exact) mass is 338 g/mol. The van der Waals surface area contributed by atoms with E-state index < -0.39 is 0 Å². The lowest BCUT2D eigenvalue weighted by molar-refractivity contribution is -0.0406. The zero-order valence-electron chi connectivity index (χ0n) is 13.5. The largest absolute Gasteiger partial charge is 0.359 e. The molecule has 1 aromatic carbocycles. The fourth-order valence-corrected chi connectivity index (χ4v) is 2.13. The number of rotatable bonds is 5. The van der Waals surface area contributed by atoms with Crippen molar-refractivity contribution >= 4 is 0 Å². The molecular formula is C18H15FN4O2. The number of hydrogen-bond acceptors (Lipinski definition) is 5. The smallest absolute Gasteiger partial charge is 0.205 e. The van der Waals surface area contributed by atoms with Gasteiger partial charge in [-0.3, -0.25) is 0 Å². The second kappa shape index (κ2) is 8.15. The molecule has 2 heterocycles. The van der Waals surface area contributed by atoms with Crippen LogP contribution in [0, 0.1) is 17.7 Å². The predicted molar refractivity (Wildman–Crippen MR) is 88.2 cm³/mol. The Morgan fingerprint density at radius 2 is 1.88 bits per heavy atom. The van der Waals surface area contributed by atoms with Crippen LogP contribution in [0.25, 0.3) is 5.69 Å². The predicted octanol–water partition coefficient (Wildman–Crippen LogP) is 2.32. The maximum absolute atomic E-state index is 13.2. The zero-order chi connectivity index (χ0) is 17.5. The molecule has 0 radical (unpaired) electrons. The van der Waals surface area contributed by atoms with Crippen LogP contribution >= 0.6 is 0 Å². The average molecular weight is 338 g/mol. The molecule has 0 fully saturated rings. The van der Waals surface area contributed by atoms with E-state index in [2.05, 4.69) is 26.9 Å². The van der Waals surface area contributed by atoms with E-state index in [1.807, 2.05) is 0 Å². The molecule has 126 valence electrons. The molecule has 7 heteroatoms. The summed E-state index contributed by atoms with van der Waals surface area (Å²) in [6.07, 6.45) is 4.88. The summed E-state index contributed by atoms with van der Waals surface area (Å²) in [5.41, 5.74) is 2.11. The Hall–Kier alpha value is -3.08. The number of aromatic nitrogens is 4. The first-order chi connectivity index (χ1) is 12.3. The van der Waals surface area contributed by atoms with Gasteiger partial charge in [-0.25, -0.2) is 19.0 Å². The summed E-state index contributed by atoms with van der Waals surface area (Å²) in [5, 5.41) is 4.34. The highest BCUT2D eigenvalue weighted by atomic mass is 19.1. The van der Waals surface area contributed by atoms with Gasteiger partial charge in [-0.15, -0.1) is 0 Å². The molecule has 0 N–H and O–H groups in total. The standard InChI is InChI=1S/C18H15FN4O2/c1-24-13-25-12-17-14(3-8-18-20-9-2-10-21-18)11-22-23(17)16-6-4-15(19)5-7-16/h2,4-7,9-11H,12-13H2,1H3. The third-order valence-electron chi connectivity index (χ3n) is 3.25. The summed E-state index contributed by atoms with van der Waals surface area (Å²) in [5.74, 6) is 6.00. The van der Waals surface area contributed by atoms with Gasteiger partial charge in [0.15, 0.2) is 0 Å². The van der Waals surface area contributed by atoms with Gasteiger partial charge < -0.3 is 9.47 Å². The summed E-state index contributed by atoms with van der Waals surface area (Å²) in [4.78, 5) is 8.14. The molecule has 3 rings (SSSR count). The third-order valence-corrected chi connectivity index (χ3v) is 3.25. The SMILES string of the molecule is COCOCc1c(C#Cc2ncccn2)cnn1-c1ccc(F)cc1. The lowest BCUT2D eigenvalue weighted by atomic mass is 10.2. The van der Waals surface area contributed by atoms with E-state index in [9.17, 15) is 4.39 Å². The van der Waals surface area contributed by atoms with Crippen LogP contribution in [0.4, 0.5) is 4.39 Å². The third kappa shape index (κ3) is 4.26. The van der Waals surface area contributed by atoms with Gasteiger partial charge in [0.2, 0.25) is 5.82 Å². The second-order valence-electron chi connectivity index (χ2n) is 4.97. The molecular weight excluding hydrogens is 323 g/mol. The van der Waals surface area contributed by atoms with Gasteiger partial charge in [0, 0.05) is 19.5 Å². The van der Waals surface area contributed by atoms with Gasteiger partial charge in [0.1, 0.15) is 12.6 Å². The lowest BCUT2D eigenvalue weighted by Crippen LogP contribution is -2.06. The fourth-order valence-electron chi connectivity index (χ4n) is 2.13. The topological polar surface area (TPSA) is 62.1 Å². The molecule has 0 aliphatic heterocycles. The van der Waals surface area contributed by atoms with E-state index >= 15 is 0 Å². The molecule has 0 aliphatic rings. The van der Waals surface area contributed by atoms with Gasteiger partial charge in [-0.1, -0.05) is 5.92 Å². The molecule has 25 heavy (non-hydrogen) atoms. The Balaban J connectivity index is 1.95. The number of halogens is 1. The van der Waals surface area contributed by atoms with Crippen LogP contribution in [0.2, 0.25) is 0 Å². The normalized spacial score (nSPS) is 10.3. The molecule has 2 aromatic heterocycles. The van der Waals surface area contributed by atoms with E-state index in [4.69, 9.17) is 9.47 Å². The minimum atomic E-state index is -0.311. The molecule has 0 amide bonds. The van der Waals surface area contributed by atoms with E-state index in [1.165, 1.54) is 12.1 Å². The minimum absolute atomic E-state index is 0.142. The molecule has 0 saturated heterocycles. The highest BCUT2D eigenvalue weighted by Gasteiger charge is 2.11. The Morgan fingerprint density at radius 1 is 1.12 bits per heavy atom. The summed E-state index contributed by atoms with van der Waals surface area (Å²) in [6, 6.07) is 7.75. The highest BCUT2D eigenvalue weighted by Crippen LogP contribution is 2.16. The van der Waals surface area contributed by atoms with Crippen molar-refractivity contribution in [1.82, 2.24) is 19.7 Å². The van der Waals surface area contributed by atoms with Gasteiger partial charge in [-0.05, 0) is 36.3 Å². The molecule has 0 aliphatic carbocycles. The van der Waals surface area contributed by atoms with Crippen LogP contribution in [0.3, 0.4) is 0 Å². The first kappa shape index (κ1) is 16.8. The summed E-state index contributed by atoms with van der Waals surface area (Å²) >= 11 is 0. The van der Waals surface area contributed by atoms with Crippen molar-refractivity contribution in [2.45, 2.75) is 6.61 Å². The first-order valence-electron chi connectivity index (χ1n) is 7.46. The Labute approximate surface area is 144 Å². The molecule has 0 bridgehead atoms. The number of benzene rings is 1. The fraction of sp³-hybridized carbons (Fsp3) is 0.167. The van der Waals surface area contributed by atoms with E-state index in [0.717, 1.165) is 5.69 Å². The maximum atomic E-state index is 13.2. The Morgan fingerprint density at radius 3 is 2.60 bits per heavy atom. The lowest BCUT2D eigenvalue weighted by Gasteiger charge is -2.08. The number of nitrogens with zero attached hydrogens (tertiary/aromatic N) is 4. The quantitative estimate of drug-likeness (QED) is 0.406. The molecule has 0 spiro atoms. The summed E-state index contributed by atoms with van der Waals surface area (Å²) in [7, 11) is 1.55. The molecule has 6 nitrogen and oxygen atoms in total. The van der Waals surface area contributed by atoms with Crippen LogP contribution in [0.1, 0.15) is 17.1 Å². The number of hydrogen-bond donors (Lipinski definition) is 0. The van der Waals surface area contributed by atoms with Crippen molar-refractivity contribution in [3.05, 3.63) is 71.8 Å². The summed E-state index contributed by atoms with van der Waals surface area (Å²) in [6.45, 7) is 0.383.